The van der Waals surface area contributed by atoms with E-state index in [2.05, 4.69) is 22.9 Å². The van der Waals surface area contributed by atoms with Gasteiger partial charge >= 0.3 is 5.97 Å². The molecule has 88 valence electrons. The highest BCUT2D eigenvalue weighted by molar-refractivity contribution is 9.09. The number of carbonyl (C=O) groups excluding carboxylic acids is 1. The van der Waals surface area contributed by atoms with Gasteiger partial charge in [0.15, 0.2) is 0 Å². The Morgan fingerprint density at radius 1 is 1.27 bits per heavy atom. The molecule has 0 radical (unpaired) electrons. The van der Waals surface area contributed by atoms with Gasteiger partial charge in [-0.1, -0.05) is 48.2 Å². The minimum atomic E-state index is -0.190. The quantitative estimate of drug-likeness (QED) is 0.291. The number of esters is 1. The molecule has 0 saturated carbocycles. The van der Waals surface area contributed by atoms with Gasteiger partial charge in [-0.3, -0.25) is 0 Å². The predicted molar refractivity (Wildman–Crippen MR) is 67.3 cm³/mol. The van der Waals surface area contributed by atoms with E-state index in [0.717, 1.165) is 18.4 Å². The van der Waals surface area contributed by atoms with Crippen LogP contribution in [0.1, 0.15) is 46.0 Å². The molecule has 0 aromatic rings. The molecule has 0 saturated heterocycles. The summed E-state index contributed by atoms with van der Waals surface area (Å²) in [5, 5.41) is 0.583. The van der Waals surface area contributed by atoms with Crippen molar-refractivity contribution in [3.05, 3.63) is 11.6 Å². The molecule has 0 heterocycles. The second kappa shape index (κ2) is 10.2. The zero-order valence-electron chi connectivity index (χ0n) is 9.72. The molecule has 0 unspecified atom stereocenters. The van der Waals surface area contributed by atoms with Crippen molar-refractivity contribution in [1.29, 1.82) is 0 Å². The third-order valence-corrected chi connectivity index (χ3v) is 2.73. The minimum absolute atomic E-state index is 0.190. The third kappa shape index (κ3) is 7.60. The second-order valence-corrected chi connectivity index (χ2v) is 3.99. The Bertz CT molecular complexity index is 200. The second-order valence-electron chi connectivity index (χ2n) is 3.43. The van der Waals surface area contributed by atoms with Crippen molar-refractivity contribution in [2.75, 3.05) is 11.9 Å². The normalized spacial score (nSPS) is 11.5. The van der Waals surface area contributed by atoms with Crippen molar-refractivity contribution in [3.8, 4) is 0 Å². The summed E-state index contributed by atoms with van der Waals surface area (Å²) in [5.41, 5.74) is 0.744. The smallest absolute Gasteiger partial charge is 0.334 e. The van der Waals surface area contributed by atoms with Crippen LogP contribution >= 0.6 is 15.9 Å². The van der Waals surface area contributed by atoms with Crippen LogP contribution in [0, 0.1) is 0 Å². The number of hydrogen-bond donors (Lipinski definition) is 0. The minimum Gasteiger partial charge on any atom is -0.463 e. The average Bonchev–Trinajstić information content (AvgIpc) is 2.23. The maximum absolute atomic E-state index is 11.4. The largest absolute Gasteiger partial charge is 0.463 e. The fourth-order valence-electron chi connectivity index (χ4n) is 1.26. The lowest BCUT2D eigenvalue weighted by Crippen LogP contribution is -2.08. The van der Waals surface area contributed by atoms with Crippen molar-refractivity contribution in [1.82, 2.24) is 0 Å². The van der Waals surface area contributed by atoms with Gasteiger partial charge < -0.3 is 4.74 Å². The van der Waals surface area contributed by atoms with E-state index in [1.807, 2.05) is 13.0 Å². The predicted octanol–water partition coefficient (Wildman–Crippen LogP) is 3.84. The number of carbonyl (C=O) groups is 1. The van der Waals surface area contributed by atoms with Gasteiger partial charge in [0.25, 0.3) is 0 Å². The maximum Gasteiger partial charge on any atom is 0.334 e. The van der Waals surface area contributed by atoms with Gasteiger partial charge in [-0.05, 0) is 19.8 Å². The monoisotopic (exact) mass is 276 g/mol. The third-order valence-electron chi connectivity index (χ3n) is 2.13. The molecule has 2 nitrogen and oxygen atoms in total. The zero-order valence-corrected chi connectivity index (χ0v) is 11.3. The van der Waals surface area contributed by atoms with E-state index in [0.29, 0.717) is 11.9 Å². The van der Waals surface area contributed by atoms with Crippen molar-refractivity contribution in [2.45, 2.75) is 46.0 Å². The lowest BCUT2D eigenvalue weighted by Gasteiger charge is -2.03. The fraction of sp³-hybridized carbons (Fsp3) is 0.750. The molecule has 0 aromatic carbocycles. The van der Waals surface area contributed by atoms with Gasteiger partial charge in [0.2, 0.25) is 0 Å². The molecular weight excluding hydrogens is 256 g/mol. The first-order valence-corrected chi connectivity index (χ1v) is 6.80. The molecule has 0 fully saturated rings. The molecule has 15 heavy (non-hydrogen) atoms. The summed E-state index contributed by atoms with van der Waals surface area (Å²) >= 11 is 3.30. The number of hydrogen-bond acceptors (Lipinski definition) is 2. The molecule has 0 aliphatic rings. The van der Waals surface area contributed by atoms with Crippen LogP contribution in [0.2, 0.25) is 0 Å². The standard InChI is InChI=1S/C12H21BrO2/c1-3-5-6-7-8-9-11(10-13)12(14)15-4-2/h9H,3-8,10H2,1-2H3/b11-9+. The number of halogens is 1. The molecule has 0 aliphatic carbocycles. The Morgan fingerprint density at radius 3 is 2.53 bits per heavy atom. The van der Waals surface area contributed by atoms with Gasteiger partial charge in [0.1, 0.15) is 0 Å². The maximum atomic E-state index is 11.4. The van der Waals surface area contributed by atoms with Crippen molar-refractivity contribution >= 4 is 21.9 Å². The molecule has 0 amide bonds. The van der Waals surface area contributed by atoms with Crippen LogP contribution in [0.3, 0.4) is 0 Å². The molecule has 0 rings (SSSR count). The number of alkyl halides is 1. The van der Waals surface area contributed by atoms with Gasteiger partial charge in [0.05, 0.1) is 6.61 Å². The van der Waals surface area contributed by atoms with E-state index < -0.39 is 0 Å². The highest BCUT2D eigenvalue weighted by atomic mass is 79.9. The van der Waals surface area contributed by atoms with Crippen LogP contribution < -0.4 is 0 Å². The van der Waals surface area contributed by atoms with Crippen molar-refractivity contribution in [2.24, 2.45) is 0 Å². The van der Waals surface area contributed by atoms with Crippen LogP contribution in [0.25, 0.3) is 0 Å². The number of rotatable bonds is 8. The summed E-state index contributed by atoms with van der Waals surface area (Å²) in [4.78, 5) is 11.4. The van der Waals surface area contributed by atoms with Crippen LogP contribution in [0.4, 0.5) is 0 Å². The summed E-state index contributed by atoms with van der Waals surface area (Å²) < 4.78 is 4.94. The van der Waals surface area contributed by atoms with Gasteiger partial charge in [-0.25, -0.2) is 4.79 Å². The first kappa shape index (κ1) is 14.7. The van der Waals surface area contributed by atoms with Crippen molar-refractivity contribution in [3.63, 3.8) is 0 Å². The molecule has 0 aromatic heterocycles. The SMILES string of the molecule is CCCCCC/C=C(\CBr)C(=O)OCC. The highest BCUT2D eigenvalue weighted by Crippen LogP contribution is 2.08. The lowest BCUT2D eigenvalue weighted by atomic mass is 10.1. The van der Waals surface area contributed by atoms with Crippen LogP contribution in [0.15, 0.2) is 11.6 Å². The first-order chi connectivity index (χ1) is 7.26. The molecule has 3 heteroatoms. The van der Waals surface area contributed by atoms with E-state index in [1.165, 1.54) is 19.3 Å². The molecular formula is C12H21BrO2. The van der Waals surface area contributed by atoms with E-state index in [9.17, 15) is 4.79 Å². The summed E-state index contributed by atoms with van der Waals surface area (Å²) in [7, 11) is 0. The van der Waals surface area contributed by atoms with Crippen LogP contribution in [-0.2, 0) is 9.53 Å². The van der Waals surface area contributed by atoms with E-state index in [-0.39, 0.29) is 5.97 Å². The van der Waals surface area contributed by atoms with Crippen molar-refractivity contribution < 1.29 is 9.53 Å². The summed E-state index contributed by atoms with van der Waals surface area (Å²) in [6, 6.07) is 0. The average molecular weight is 277 g/mol. The topological polar surface area (TPSA) is 26.3 Å². The van der Waals surface area contributed by atoms with E-state index in [4.69, 9.17) is 4.74 Å². The Morgan fingerprint density at radius 2 is 2.00 bits per heavy atom. The number of allylic oxidation sites excluding steroid dienone is 1. The van der Waals surface area contributed by atoms with Crippen LogP contribution in [0.5, 0.6) is 0 Å². The number of unbranched alkanes of at least 4 members (excludes halogenated alkanes) is 4. The molecule has 0 atom stereocenters. The summed E-state index contributed by atoms with van der Waals surface area (Å²) in [6.45, 7) is 4.46. The van der Waals surface area contributed by atoms with E-state index in [1.54, 1.807) is 0 Å². The van der Waals surface area contributed by atoms with Crippen LogP contribution in [-0.4, -0.2) is 17.9 Å². The Kier molecular flexibility index (Phi) is 10.0. The molecule has 0 spiro atoms. The number of ether oxygens (including phenoxy) is 1. The Labute approximate surface area is 101 Å². The molecule has 0 aliphatic heterocycles. The first-order valence-electron chi connectivity index (χ1n) is 5.68. The summed E-state index contributed by atoms with van der Waals surface area (Å²) in [6.07, 6.45) is 7.88. The highest BCUT2D eigenvalue weighted by Gasteiger charge is 2.07. The lowest BCUT2D eigenvalue weighted by molar-refractivity contribution is -0.138. The molecule has 0 bridgehead atoms. The Balaban J connectivity index is 3.83. The van der Waals surface area contributed by atoms with E-state index >= 15 is 0 Å². The van der Waals surface area contributed by atoms with Gasteiger partial charge in [0, 0.05) is 10.9 Å². The summed E-state index contributed by atoms with van der Waals surface area (Å²) in [5.74, 6) is -0.190. The Hall–Kier alpha value is -0.310. The van der Waals surface area contributed by atoms with Gasteiger partial charge in [-0.2, -0.15) is 0 Å². The fourth-order valence-corrected chi connectivity index (χ4v) is 1.72. The zero-order chi connectivity index (χ0) is 11.5. The molecule has 0 N–H and O–H groups in total. The van der Waals surface area contributed by atoms with Gasteiger partial charge in [-0.15, -0.1) is 0 Å².